The molecule has 1 aromatic carbocycles. The highest BCUT2D eigenvalue weighted by Gasteiger charge is 2.23. The molecule has 1 fully saturated rings. The summed E-state index contributed by atoms with van der Waals surface area (Å²) in [5.41, 5.74) is 1.56. The second kappa shape index (κ2) is 6.14. The van der Waals surface area contributed by atoms with Crippen LogP contribution < -0.4 is 5.56 Å². The third-order valence-corrected chi connectivity index (χ3v) is 4.43. The second-order valence-corrected chi connectivity index (χ2v) is 6.04. The number of nitro groups is 1. The van der Waals surface area contributed by atoms with Crippen molar-refractivity contribution < 1.29 is 9.66 Å². The molecule has 1 aliphatic rings. The molecule has 1 N–H and O–H groups in total. The summed E-state index contributed by atoms with van der Waals surface area (Å²) in [6, 6.07) is 6.43. The maximum absolute atomic E-state index is 11.6. The summed E-state index contributed by atoms with van der Waals surface area (Å²) >= 11 is 0. The normalized spacial score (nSPS) is 17.7. The highest BCUT2D eigenvalue weighted by Crippen LogP contribution is 2.34. The summed E-state index contributed by atoms with van der Waals surface area (Å²) in [6.45, 7) is 0.655. The Morgan fingerprint density at radius 1 is 1.28 bits per heavy atom. The summed E-state index contributed by atoms with van der Waals surface area (Å²) in [4.78, 5) is 25.2. The van der Waals surface area contributed by atoms with Gasteiger partial charge >= 0.3 is 0 Å². The van der Waals surface area contributed by atoms with E-state index in [9.17, 15) is 14.9 Å². The van der Waals surface area contributed by atoms with Crippen LogP contribution in [0.15, 0.2) is 41.5 Å². The highest BCUT2D eigenvalue weighted by molar-refractivity contribution is 5.92. The number of hydrogen-bond acceptors (Lipinski definition) is 5. The van der Waals surface area contributed by atoms with Crippen LogP contribution in [0, 0.1) is 10.1 Å². The number of fused-ring (bicyclic) bond motifs is 1. The molecule has 2 aromatic heterocycles. The van der Waals surface area contributed by atoms with Crippen molar-refractivity contribution in [3.63, 3.8) is 0 Å². The number of ether oxygens (including phenoxy) is 1. The topological polar surface area (TPSA) is 103 Å². The molecular weight excluding hydrogens is 324 g/mol. The molecule has 1 saturated heterocycles. The number of nitro benzene ring substituents is 1. The first kappa shape index (κ1) is 15.5. The lowest BCUT2D eigenvalue weighted by Crippen LogP contribution is -2.19. The van der Waals surface area contributed by atoms with Crippen LogP contribution in [-0.4, -0.2) is 26.3 Å². The maximum atomic E-state index is 11.6. The first-order chi connectivity index (χ1) is 12.1. The Balaban J connectivity index is 1.92. The van der Waals surface area contributed by atoms with Crippen LogP contribution in [0.2, 0.25) is 0 Å². The Morgan fingerprint density at radius 3 is 2.88 bits per heavy atom. The Hall–Kier alpha value is -3.00. The number of aromatic nitrogens is 3. The minimum atomic E-state index is -0.424. The number of nitrogens with one attached hydrogen (secondary N) is 1. The minimum Gasteiger partial charge on any atom is -0.356 e. The Bertz CT molecular complexity index is 1000. The number of non-ortho nitro benzene ring substituents is 1. The van der Waals surface area contributed by atoms with Gasteiger partial charge in [0.15, 0.2) is 6.23 Å². The zero-order valence-corrected chi connectivity index (χ0v) is 13.3. The van der Waals surface area contributed by atoms with Gasteiger partial charge in [-0.15, -0.1) is 0 Å². The van der Waals surface area contributed by atoms with Gasteiger partial charge in [0.2, 0.25) is 5.56 Å². The monoisotopic (exact) mass is 340 g/mol. The van der Waals surface area contributed by atoms with E-state index >= 15 is 0 Å². The lowest BCUT2D eigenvalue weighted by atomic mass is 10.0. The van der Waals surface area contributed by atoms with Gasteiger partial charge in [-0.25, -0.2) is 4.68 Å². The van der Waals surface area contributed by atoms with Crippen molar-refractivity contribution in [3.05, 3.63) is 57.1 Å². The SMILES string of the molecule is O=c1cc(-c2cc([N+](=O)[O-])c3cnn(C4CCCCO4)c3c2)cc[nH]1. The van der Waals surface area contributed by atoms with E-state index in [-0.39, 0.29) is 17.5 Å². The first-order valence-electron chi connectivity index (χ1n) is 8.10. The predicted molar refractivity (Wildman–Crippen MR) is 91.3 cm³/mol. The van der Waals surface area contributed by atoms with Crippen molar-refractivity contribution in [1.29, 1.82) is 0 Å². The summed E-state index contributed by atoms with van der Waals surface area (Å²) in [6.07, 6.45) is 5.66. The van der Waals surface area contributed by atoms with E-state index < -0.39 is 4.92 Å². The van der Waals surface area contributed by atoms with E-state index in [0.717, 1.165) is 19.3 Å². The molecule has 0 radical (unpaired) electrons. The molecular formula is C17H16N4O4. The van der Waals surface area contributed by atoms with E-state index in [1.165, 1.54) is 24.5 Å². The largest absolute Gasteiger partial charge is 0.356 e. The van der Waals surface area contributed by atoms with Crippen molar-refractivity contribution in [3.8, 4) is 11.1 Å². The fourth-order valence-electron chi connectivity index (χ4n) is 3.21. The fourth-order valence-corrected chi connectivity index (χ4v) is 3.21. The third-order valence-electron chi connectivity index (χ3n) is 4.43. The molecule has 1 aliphatic heterocycles. The molecule has 0 saturated carbocycles. The van der Waals surface area contributed by atoms with Gasteiger partial charge in [-0.2, -0.15) is 5.10 Å². The summed E-state index contributed by atoms with van der Waals surface area (Å²) < 4.78 is 7.48. The van der Waals surface area contributed by atoms with Gasteiger partial charge < -0.3 is 9.72 Å². The molecule has 0 spiro atoms. The molecule has 1 atom stereocenters. The summed E-state index contributed by atoms with van der Waals surface area (Å²) in [5, 5.41) is 16.3. The number of H-pyrrole nitrogens is 1. The average molecular weight is 340 g/mol. The van der Waals surface area contributed by atoms with Crippen molar-refractivity contribution in [2.75, 3.05) is 6.61 Å². The van der Waals surface area contributed by atoms with Gasteiger partial charge in [-0.1, -0.05) is 0 Å². The number of nitrogens with zero attached hydrogens (tertiary/aromatic N) is 3. The van der Waals surface area contributed by atoms with Crippen LogP contribution in [0.4, 0.5) is 5.69 Å². The molecule has 0 bridgehead atoms. The Labute approximate surface area is 142 Å². The molecule has 25 heavy (non-hydrogen) atoms. The van der Waals surface area contributed by atoms with Gasteiger partial charge in [0.25, 0.3) is 5.69 Å². The number of benzene rings is 1. The molecule has 0 amide bonds. The number of pyridine rings is 1. The molecule has 8 heteroatoms. The van der Waals surface area contributed by atoms with Gasteiger partial charge in [-0.3, -0.25) is 14.9 Å². The molecule has 1 unspecified atom stereocenters. The van der Waals surface area contributed by atoms with Crippen molar-refractivity contribution in [1.82, 2.24) is 14.8 Å². The first-order valence-corrected chi connectivity index (χ1v) is 8.10. The van der Waals surface area contributed by atoms with Crippen LogP contribution in [0.5, 0.6) is 0 Å². The smallest absolute Gasteiger partial charge is 0.281 e. The molecule has 3 aromatic rings. The third kappa shape index (κ3) is 2.80. The van der Waals surface area contributed by atoms with Crippen molar-refractivity contribution in [2.24, 2.45) is 0 Å². The summed E-state index contributed by atoms with van der Waals surface area (Å²) in [5.74, 6) is 0. The van der Waals surface area contributed by atoms with E-state index in [0.29, 0.717) is 28.6 Å². The molecule has 0 aliphatic carbocycles. The molecule has 3 heterocycles. The van der Waals surface area contributed by atoms with Crippen LogP contribution in [-0.2, 0) is 4.74 Å². The number of aromatic amines is 1. The maximum Gasteiger partial charge on any atom is 0.281 e. The van der Waals surface area contributed by atoms with Crippen LogP contribution in [0.3, 0.4) is 0 Å². The predicted octanol–water partition coefficient (Wildman–Crippen LogP) is 3.00. The van der Waals surface area contributed by atoms with Gasteiger partial charge in [0.1, 0.15) is 0 Å². The summed E-state index contributed by atoms with van der Waals surface area (Å²) in [7, 11) is 0. The van der Waals surface area contributed by atoms with Crippen LogP contribution in [0.1, 0.15) is 25.5 Å². The van der Waals surface area contributed by atoms with E-state index in [1.807, 2.05) is 6.07 Å². The minimum absolute atomic E-state index is 0.0326. The lowest BCUT2D eigenvalue weighted by Gasteiger charge is -2.23. The highest BCUT2D eigenvalue weighted by atomic mass is 16.6. The van der Waals surface area contributed by atoms with Crippen molar-refractivity contribution >= 4 is 16.6 Å². The zero-order valence-electron chi connectivity index (χ0n) is 13.3. The van der Waals surface area contributed by atoms with Crippen LogP contribution in [0.25, 0.3) is 22.0 Å². The Morgan fingerprint density at radius 2 is 2.16 bits per heavy atom. The van der Waals surface area contributed by atoms with Crippen molar-refractivity contribution in [2.45, 2.75) is 25.5 Å². The van der Waals surface area contributed by atoms with Gasteiger partial charge in [-0.05, 0) is 42.5 Å². The standard InChI is InChI=1S/C17H16N4O4/c22-16-9-11(4-5-18-16)12-7-14-13(15(8-12)21(23)24)10-19-20(14)17-3-1-2-6-25-17/h4-5,7-10,17H,1-3,6H2,(H,18,22). The Kier molecular flexibility index (Phi) is 3.81. The molecule has 128 valence electrons. The number of rotatable bonds is 3. The fraction of sp³-hybridized carbons (Fsp3) is 0.294. The van der Waals surface area contributed by atoms with E-state index in [4.69, 9.17) is 4.74 Å². The van der Waals surface area contributed by atoms with Gasteiger partial charge in [0.05, 0.1) is 22.0 Å². The lowest BCUT2D eigenvalue weighted by molar-refractivity contribution is -0.383. The zero-order chi connectivity index (χ0) is 17.4. The second-order valence-electron chi connectivity index (χ2n) is 6.04. The van der Waals surface area contributed by atoms with Crippen LogP contribution >= 0.6 is 0 Å². The average Bonchev–Trinajstić information content (AvgIpc) is 3.05. The molecule has 4 rings (SSSR count). The quantitative estimate of drug-likeness (QED) is 0.583. The molecule has 8 nitrogen and oxygen atoms in total. The van der Waals surface area contributed by atoms with E-state index in [1.54, 1.807) is 10.7 Å². The van der Waals surface area contributed by atoms with Gasteiger partial charge in [0, 0.05) is 24.9 Å². The number of hydrogen-bond donors (Lipinski definition) is 1. The van der Waals surface area contributed by atoms with E-state index in [2.05, 4.69) is 10.1 Å².